The number of hydrogen-bond acceptors (Lipinski definition) is 5. The normalized spacial score (nSPS) is 19.0. The van der Waals surface area contributed by atoms with Gasteiger partial charge in [-0.15, -0.1) is 0 Å². The van der Waals surface area contributed by atoms with Crippen molar-refractivity contribution in [3.8, 4) is 0 Å². The number of hydrogen-bond donors (Lipinski definition) is 1. The lowest BCUT2D eigenvalue weighted by molar-refractivity contribution is -0.124. The van der Waals surface area contributed by atoms with Crippen molar-refractivity contribution in [2.75, 3.05) is 25.0 Å². The Hall–Kier alpha value is -2.11. The van der Waals surface area contributed by atoms with E-state index in [9.17, 15) is 4.79 Å². The number of anilines is 1. The van der Waals surface area contributed by atoms with Gasteiger partial charge in [-0.05, 0) is 26.7 Å². The average molecular weight is 288 g/mol. The van der Waals surface area contributed by atoms with Crippen LogP contribution in [0.1, 0.15) is 24.2 Å². The van der Waals surface area contributed by atoms with Crippen molar-refractivity contribution in [2.45, 2.75) is 26.7 Å². The minimum absolute atomic E-state index is 0.0158. The van der Waals surface area contributed by atoms with Crippen LogP contribution < -0.4 is 10.2 Å². The number of fused-ring (bicyclic) bond motifs is 1. The molecule has 112 valence electrons. The van der Waals surface area contributed by atoms with Crippen LogP contribution in [0.2, 0.25) is 0 Å². The highest BCUT2D eigenvalue weighted by atomic mass is 16.3. The van der Waals surface area contributed by atoms with Gasteiger partial charge in [0.05, 0.1) is 11.3 Å². The van der Waals surface area contributed by atoms with E-state index in [4.69, 9.17) is 4.42 Å². The van der Waals surface area contributed by atoms with E-state index in [2.05, 4.69) is 20.2 Å². The predicted octanol–water partition coefficient (Wildman–Crippen LogP) is 1.80. The molecule has 3 heterocycles. The molecule has 0 saturated carbocycles. The Morgan fingerprint density at radius 2 is 2.24 bits per heavy atom. The second-order valence-corrected chi connectivity index (χ2v) is 5.56. The number of aryl methyl sites for hydroxylation is 2. The zero-order valence-electron chi connectivity index (χ0n) is 12.6. The number of amides is 1. The molecule has 6 heteroatoms. The van der Waals surface area contributed by atoms with Gasteiger partial charge in [0, 0.05) is 25.7 Å². The monoisotopic (exact) mass is 288 g/mol. The fourth-order valence-electron chi connectivity index (χ4n) is 2.99. The molecule has 1 atom stereocenters. The second-order valence-electron chi connectivity index (χ2n) is 5.56. The number of piperidine rings is 1. The van der Waals surface area contributed by atoms with Crippen LogP contribution in [0.5, 0.6) is 0 Å². The summed E-state index contributed by atoms with van der Waals surface area (Å²) in [5.41, 5.74) is 1.69. The van der Waals surface area contributed by atoms with Crippen molar-refractivity contribution in [1.29, 1.82) is 0 Å². The van der Waals surface area contributed by atoms with Gasteiger partial charge in [0.2, 0.25) is 11.6 Å². The molecule has 1 aliphatic heterocycles. The van der Waals surface area contributed by atoms with Crippen molar-refractivity contribution in [2.24, 2.45) is 5.92 Å². The fourth-order valence-corrected chi connectivity index (χ4v) is 2.99. The van der Waals surface area contributed by atoms with Gasteiger partial charge in [-0.1, -0.05) is 0 Å². The van der Waals surface area contributed by atoms with E-state index in [-0.39, 0.29) is 11.8 Å². The van der Waals surface area contributed by atoms with Crippen LogP contribution in [-0.4, -0.2) is 36.0 Å². The van der Waals surface area contributed by atoms with Crippen LogP contribution in [0.4, 0.5) is 5.82 Å². The quantitative estimate of drug-likeness (QED) is 0.912. The molecule has 1 fully saturated rings. The summed E-state index contributed by atoms with van der Waals surface area (Å²) in [6.07, 6.45) is 3.44. The third-order valence-corrected chi connectivity index (χ3v) is 4.28. The van der Waals surface area contributed by atoms with E-state index in [1.54, 1.807) is 7.05 Å². The number of furan rings is 1. The molecule has 3 rings (SSSR count). The summed E-state index contributed by atoms with van der Waals surface area (Å²) in [6, 6.07) is 0. The van der Waals surface area contributed by atoms with Gasteiger partial charge in [-0.2, -0.15) is 0 Å². The lowest BCUT2D eigenvalue weighted by atomic mass is 9.97. The molecule has 0 radical (unpaired) electrons. The van der Waals surface area contributed by atoms with E-state index in [1.807, 2.05) is 13.8 Å². The fraction of sp³-hybridized carbons (Fsp3) is 0.533. The van der Waals surface area contributed by atoms with E-state index in [1.165, 1.54) is 6.33 Å². The van der Waals surface area contributed by atoms with Gasteiger partial charge in [-0.25, -0.2) is 9.97 Å². The summed E-state index contributed by atoms with van der Waals surface area (Å²) in [7, 11) is 1.69. The number of rotatable bonds is 2. The number of nitrogens with zero attached hydrogens (tertiary/aromatic N) is 3. The summed E-state index contributed by atoms with van der Waals surface area (Å²) in [5.74, 6) is 1.86. The molecule has 0 spiro atoms. The first-order valence-electron chi connectivity index (χ1n) is 7.29. The Kier molecular flexibility index (Phi) is 3.53. The molecule has 6 nitrogen and oxygen atoms in total. The Balaban J connectivity index is 1.98. The summed E-state index contributed by atoms with van der Waals surface area (Å²) in [6.45, 7) is 5.55. The largest absolute Gasteiger partial charge is 0.443 e. The van der Waals surface area contributed by atoms with Crippen molar-refractivity contribution in [3.63, 3.8) is 0 Å². The number of carbonyl (C=O) groups excluding carboxylic acids is 1. The molecule has 1 N–H and O–H groups in total. The Morgan fingerprint density at radius 3 is 3.00 bits per heavy atom. The highest BCUT2D eigenvalue weighted by molar-refractivity contribution is 5.90. The van der Waals surface area contributed by atoms with Crippen LogP contribution in [0, 0.1) is 19.8 Å². The molecule has 1 saturated heterocycles. The van der Waals surface area contributed by atoms with Gasteiger partial charge in [0.1, 0.15) is 17.9 Å². The van der Waals surface area contributed by atoms with Gasteiger partial charge in [0.15, 0.2) is 0 Å². The highest BCUT2D eigenvalue weighted by Crippen LogP contribution is 2.32. The van der Waals surface area contributed by atoms with Crippen LogP contribution in [0.15, 0.2) is 10.7 Å². The average Bonchev–Trinajstić information content (AvgIpc) is 2.81. The number of carbonyl (C=O) groups is 1. The SMILES string of the molecule is CNC(=O)C1CCCN(c2ncnc3oc(C)c(C)c23)C1. The van der Waals surface area contributed by atoms with Crippen molar-refractivity contribution >= 4 is 22.8 Å². The smallest absolute Gasteiger partial charge is 0.231 e. The van der Waals surface area contributed by atoms with Crippen molar-refractivity contribution < 1.29 is 9.21 Å². The van der Waals surface area contributed by atoms with E-state index < -0.39 is 0 Å². The molecule has 0 bridgehead atoms. The van der Waals surface area contributed by atoms with E-state index in [0.29, 0.717) is 12.3 Å². The summed E-state index contributed by atoms with van der Waals surface area (Å²) in [4.78, 5) is 22.7. The molecule has 2 aromatic heterocycles. The zero-order chi connectivity index (χ0) is 15.0. The lowest BCUT2D eigenvalue weighted by Crippen LogP contribution is -2.42. The maximum Gasteiger partial charge on any atom is 0.231 e. The van der Waals surface area contributed by atoms with Gasteiger partial charge in [-0.3, -0.25) is 4.79 Å². The second kappa shape index (κ2) is 5.35. The zero-order valence-corrected chi connectivity index (χ0v) is 12.6. The molecule has 1 unspecified atom stereocenters. The maximum atomic E-state index is 11.9. The molecule has 21 heavy (non-hydrogen) atoms. The van der Waals surface area contributed by atoms with Crippen molar-refractivity contribution in [1.82, 2.24) is 15.3 Å². The first-order chi connectivity index (χ1) is 10.1. The third kappa shape index (κ3) is 2.34. The molecule has 0 aliphatic carbocycles. The van der Waals surface area contributed by atoms with Crippen LogP contribution in [0.3, 0.4) is 0 Å². The third-order valence-electron chi connectivity index (χ3n) is 4.28. The van der Waals surface area contributed by atoms with Crippen LogP contribution in [0.25, 0.3) is 11.1 Å². The van der Waals surface area contributed by atoms with Gasteiger partial charge < -0.3 is 14.6 Å². The van der Waals surface area contributed by atoms with Crippen LogP contribution in [-0.2, 0) is 4.79 Å². The molecule has 2 aromatic rings. The minimum atomic E-state index is 0.0158. The number of nitrogens with one attached hydrogen (secondary N) is 1. The lowest BCUT2D eigenvalue weighted by Gasteiger charge is -2.32. The number of aromatic nitrogens is 2. The molecular weight excluding hydrogens is 268 g/mol. The summed E-state index contributed by atoms with van der Waals surface area (Å²) >= 11 is 0. The Morgan fingerprint density at radius 1 is 1.43 bits per heavy atom. The topological polar surface area (TPSA) is 71.3 Å². The minimum Gasteiger partial charge on any atom is -0.443 e. The van der Waals surface area contributed by atoms with E-state index in [0.717, 1.165) is 41.9 Å². The molecule has 1 aliphatic rings. The molecule has 0 aromatic carbocycles. The molecular formula is C15H20N4O2. The maximum absolute atomic E-state index is 11.9. The standard InChI is InChI=1S/C15H20N4O2/c1-9-10(2)21-15-12(9)13(17-8-18-15)19-6-4-5-11(7-19)14(20)16-3/h8,11H,4-7H2,1-3H3,(H,16,20). The van der Waals surface area contributed by atoms with Crippen molar-refractivity contribution in [3.05, 3.63) is 17.7 Å². The predicted molar refractivity (Wildman–Crippen MR) is 80.3 cm³/mol. The summed E-state index contributed by atoms with van der Waals surface area (Å²) < 4.78 is 5.67. The summed E-state index contributed by atoms with van der Waals surface area (Å²) in [5, 5.41) is 3.71. The Labute approximate surface area is 123 Å². The highest BCUT2D eigenvalue weighted by Gasteiger charge is 2.28. The van der Waals surface area contributed by atoms with Crippen LogP contribution >= 0.6 is 0 Å². The van der Waals surface area contributed by atoms with Gasteiger partial charge in [0.25, 0.3) is 0 Å². The molecule has 1 amide bonds. The van der Waals surface area contributed by atoms with Gasteiger partial charge >= 0.3 is 0 Å². The first-order valence-corrected chi connectivity index (χ1v) is 7.29. The Bertz CT molecular complexity index is 680. The first kappa shape index (κ1) is 13.9. The van der Waals surface area contributed by atoms with E-state index >= 15 is 0 Å².